The predicted molar refractivity (Wildman–Crippen MR) is 164 cm³/mol. The van der Waals surface area contributed by atoms with Gasteiger partial charge in [0, 0.05) is 37.4 Å². The van der Waals surface area contributed by atoms with E-state index in [4.69, 9.17) is 0 Å². The van der Waals surface area contributed by atoms with Crippen molar-refractivity contribution in [1.29, 1.82) is 0 Å². The molecule has 0 bridgehead atoms. The fourth-order valence-corrected chi connectivity index (χ4v) is 6.93. The normalized spacial score (nSPS) is 18.4. The van der Waals surface area contributed by atoms with Crippen molar-refractivity contribution in [3.8, 4) is 22.4 Å². The number of sulfone groups is 1. The Bertz CT molecular complexity index is 1700. The minimum Gasteiger partial charge on any atom is -0.465 e. The van der Waals surface area contributed by atoms with Crippen LogP contribution in [0.5, 0.6) is 0 Å². The second-order valence-corrected chi connectivity index (χ2v) is 13.4. The Balaban J connectivity index is 1.05. The first-order valence-electron chi connectivity index (χ1n) is 14.3. The van der Waals surface area contributed by atoms with Crippen molar-refractivity contribution in [2.45, 2.75) is 25.4 Å². The van der Waals surface area contributed by atoms with Crippen molar-refractivity contribution in [1.82, 2.24) is 19.8 Å². The molecule has 1 aromatic heterocycles. The van der Waals surface area contributed by atoms with Crippen LogP contribution in [0.3, 0.4) is 0 Å². The number of hydrogen-bond acceptors (Lipinski definition) is 6. The molecule has 0 aliphatic carbocycles. The number of amides is 2. The van der Waals surface area contributed by atoms with Crippen LogP contribution in [-0.4, -0.2) is 76.4 Å². The molecule has 4 aromatic rings. The second-order valence-electron chi connectivity index (χ2n) is 11.0. The van der Waals surface area contributed by atoms with Crippen molar-refractivity contribution >= 4 is 27.5 Å². The maximum absolute atomic E-state index is 12.9. The Labute approximate surface area is 250 Å². The first kappa shape index (κ1) is 28.6. The van der Waals surface area contributed by atoms with Crippen molar-refractivity contribution < 1.29 is 23.1 Å². The van der Waals surface area contributed by atoms with Crippen molar-refractivity contribution in [3.63, 3.8) is 0 Å². The average Bonchev–Trinajstić information content (AvgIpc) is 3.70. The van der Waals surface area contributed by atoms with E-state index in [0.29, 0.717) is 43.3 Å². The zero-order valence-electron chi connectivity index (χ0n) is 23.6. The average molecular weight is 600 g/mol. The fraction of sp³-hybridized carbons (Fsp3) is 0.281. The first-order chi connectivity index (χ1) is 20.7. The molecule has 43 heavy (non-hydrogen) atoms. The summed E-state index contributed by atoms with van der Waals surface area (Å²) in [5.41, 5.74) is 6.08. The van der Waals surface area contributed by atoms with Gasteiger partial charge in [-0.2, -0.15) is 0 Å². The number of carboxylic acid groups (broad SMARTS) is 1. The van der Waals surface area contributed by atoms with Gasteiger partial charge in [0.15, 0.2) is 9.84 Å². The van der Waals surface area contributed by atoms with E-state index in [1.165, 1.54) is 4.90 Å². The quantitative estimate of drug-likeness (QED) is 0.271. The molecule has 2 amide bonds. The smallest absolute Gasteiger partial charge is 0.407 e. The Kier molecular flexibility index (Phi) is 8.00. The van der Waals surface area contributed by atoms with Crippen LogP contribution in [0.2, 0.25) is 0 Å². The number of carbonyl (C=O) groups is 2. The molecule has 0 saturated carbocycles. The molecular formula is C32H33N5O5S. The van der Waals surface area contributed by atoms with Gasteiger partial charge in [0.25, 0.3) is 5.91 Å². The van der Waals surface area contributed by atoms with Gasteiger partial charge in [0.2, 0.25) is 0 Å². The number of benzene rings is 3. The molecule has 3 heterocycles. The van der Waals surface area contributed by atoms with E-state index < -0.39 is 15.9 Å². The highest BCUT2D eigenvalue weighted by Crippen LogP contribution is 2.32. The van der Waals surface area contributed by atoms with E-state index in [1.807, 2.05) is 60.7 Å². The molecule has 1 atom stereocenters. The molecule has 6 rings (SSSR count). The molecule has 0 spiro atoms. The number of anilines is 1. The molecule has 3 N–H and O–H groups in total. The van der Waals surface area contributed by atoms with Gasteiger partial charge in [-0.15, -0.1) is 0 Å². The van der Waals surface area contributed by atoms with Crippen LogP contribution >= 0.6 is 0 Å². The van der Waals surface area contributed by atoms with Gasteiger partial charge in [0.05, 0.1) is 29.4 Å². The number of aromatic amines is 1. The third-order valence-electron chi connectivity index (χ3n) is 8.14. The van der Waals surface area contributed by atoms with Gasteiger partial charge >= 0.3 is 6.09 Å². The Morgan fingerprint density at radius 2 is 1.51 bits per heavy atom. The highest BCUT2D eigenvalue weighted by molar-refractivity contribution is 7.91. The van der Waals surface area contributed by atoms with E-state index in [9.17, 15) is 23.1 Å². The highest BCUT2D eigenvalue weighted by Gasteiger charge is 2.31. The minimum atomic E-state index is -2.90. The zero-order chi connectivity index (χ0) is 30.0. The van der Waals surface area contributed by atoms with E-state index >= 15 is 0 Å². The molecular weight excluding hydrogens is 566 g/mol. The molecule has 2 aliphatic heterocycles. The van der Waals surface area contributed by atoms with Gasteiger partial charge < -0.3 is 15.4 Å². The number of rotatable bonds is 7. The maximum atomic E-state index is 12.9. The number of carbonyl (C=O) groups excluding carboxylic acids is 1. The minimum absolute atomic E-state index is 0.199. The van der Waals surface area contributed by atoms with Crippen LogP contribution < -0.4 is 5.32 Å². The summed E-state index contributed by atoms with van der Waals surface area (Å²) in [5, 5.41) is 12.4. The predicted octanol–water partition coefficient (Wildman–Crippen LogP) is 5.04. The lowest BCUT2D eigenvalue weighted by molar-refractivity contribution is 0.102. The molecule has 2 fully saturated rings. The SMILES string of the molecule is O=C(Nc1ccc(CN2CCS(=O)(=O)CC2)cc1)c1ccc(-c2ccc(-c3cnc([C@@H]4CCCN4C(=O)O)[nH]3)cc2)cc1. The number of H-pyrrole nitrogens is 1. The number of aromatic nitrogens is 2. The summed E-state index contributed by atoms with van der Waals surface area (Å²) in [5.74, 6) is 0.873. The fourth-order valence-electron chi connectivity index (χ4n) is 5.65. The summed E-state index contributed by atoms with van der Waals surface area (Å²) in [6.07, 6.45) is 2.41. The molecule has 2 saturated heterocycles. The topological polar surface area (TPSA) is 136 Å². The third-order valence-corrected chi connectivity index (χ3v) is 9.75. The lowest BCUT2D eigenvalue weighted by Crippen LogP contribution is -2.39. The monoisotopic (exact) mass is 599 g/mol. The van der Waals surface area contributed by atoms with Crippen LogP contribution in [-0.2, 0) is 16.4 Å². The molecule has 10 nitrogen and oxygen atoms in total. The van der Waals surface area contributed by atoms with Crippen LogP contribution in [0.4, 0.5) is 10.5 Å². The Morgan fingerprint density at radius 3 is 2.16 bits per heavy atom. The highest BCUT2D eigenvalue weighted by atomic mass is 32.2. The largest absolute Gasteiger partial charge is 0.465 e. The number of imidazole rings is 1. The summed E-state index contributed by atoms with van der Waals surface area (Å²) in [7, 11) is -2.90. The van der Waals surface area contributed by atoms with Gasteiger partial charge in [-0.3, -0.25) is 14.6 Å². The number of nitrogens with zero attached hydrogens (tertiary/aromatic N) is 3. The third kappa shape index (κ3) is 6.63. The van der Waals surface area contributed by atoms with E-state index in [-0.39, 0.29) is 23.5 Å². The first-order valence-corrected chi connectivity index (χ1v) is 16.1. The van der Waals surface area contributed by atoms with Gasteiger partial charge in [-0.1, -0.05) is 48.5 Å². The molecule has 2 aliphatic rings. The summed E-state index contributed by atoms with van der Waals surface area (Å²) in [6.45, 7) is 2.29. The summed E-state index contributed by atoms with van der Waals surface area (Å²) < 4.78 is 23.3. The van der Waals surface area contributed by atoms with Crippen LogP contribution in [0.15, 0.2) is 79.0 Å². The Hall–Kier alpha value is -4.48. The molecule has 11 heteroatoms. The van der Waals surface area contributed by atoms with E-state index in [1.54, 1.807) is 18.3 Å². The van der Waals surface area contributed by atoms with Crippen LogP contribution in [0.1, 0.15) is 40.6 Å². The lowest BCUT2D eigenvalue weighted by atomic mass is 10.0. The van der Waals surface area contributed by atoms with Crippen molar-refractivity contribution in [3.05, 3.63) is 95.9 Å². The van der Waals surface area contributed by atoms with E-state index in [0.717, 1.165) is 40.8 Å². The summed E-state index contributed by atoms with van der Waals surface area (Å²) >= 11 is 0. The maximum Gasteiger partial charge on any atom is 0.407 e. The molecule has 0 unspecified atom stereocenters. The van der Waals surface area contributed by atoms with Crippen molar-refractivity contribution in [2.24, 2.45) is 0 Å². The molecule has 0 radical (unpaired) electrons. The van der Waals surface area contributed by atoms with Gasteiger partial charge in [0.1, 0.15) is 5.82 Å². The number of hydrogen-bond donors (Lipinski definition) is 3. The Morgan fingerprint density at radius 1 is 0.884 bits per heavy atom. The summed E-state index contributed by atoms with van der Waals surface area (Å²) in [4.78, 5) is 35.7. The van der Waals surface area contributed by atoms with Crippen LogP contribution in [0, 0.1) is 0 Å². The summed E-state index contributed by atoms with van der Waals surface area (Å²) in [6, 6.07) is 22.8. The van der Waals surface area contributed by atoms with Crippen molar-refractivity contribution in [2.75, 3.05) is 36.5 Å². The molecule has 3 aromatic carbocycles. The zero-order valence-corrected chi connectivity index (χ0v) is 24.4. The van der Waals surface area contributed by atoms with E-state index in [2.05, 4.69) is 20.2 Å². The lowest BCUT2D eigenvalue weighted by Gasteiger charge is -2.26. The van der Waals surface area contributed by atoms with Gasteiger partial charge in [-0.05, 0) is 59.4 Å². The number of nitrogens with one attached hydrogen (secondary N) is 2. The number of likely N-dealkylation sites (tertiary alicyclic amines) is 1. The standard InChI is InChI=1S/C32H33N5O5S/c38-31(34-27-13-3-22(4-14-27)21-36-16-18-43(41,42)19-17-36)26-11-7-24(8-12-26)23-5-9-25(10-6-23)28-20-33-30(35-28)29-2-1-15-37(29)32(39)40/h3-14,20,29H,1-2,15-19,21H2,(H,33,35)(H,34,38)(H,39,40)/t29-/m0/s1. The van der Waals surface area contributed by atoms with Crippen LogP contribution in [0.25, 0.3) is 22.4 Å². The molecule has 222 valence electrons. The van der Waals surface area contributed by atoms with Gasteiger partial charge in [-0.25, -0.2) is 18.2 Å². The second kappa shape index (κ2) is 12.0.